The second kappa shape index (κ2) is 6.74. The van der Waals surface area contributed by atoms with E-state index in [0.717, 1.165) is 19.3 Å². The molecule has 0 aromatic rings. The van der Waals surface area contributed by atoms with Crippen LogP contribution >= 0.6 is 0 Å². The van der Waals surface area contributed by atoms with Crippen LogP contribution in [0.3, 0.4) is 0 Å². The number of carbonyl (C=O) groups is 1. The van der Waals surface area contributed by atoms with E-state index in [-0.39, 0.29) is 11.3 Å². The van der Waals surface area contributed by atoms with Crippen LogP contribution in [-0.2, 0) is 0 Å². The van der Waals surface area contributed by atoms with E-state index in [9.17, 15) is 9.90 Å². The van der Waals surface area contributed by atoms with Crippen molar-refractivity contribution in [2.45, 2.75) is 53.1 Å². The molecule has 16 heavy (non-hydrogen) atoms. The lowest BCUT2D eigenvalue weighted by Crippen LogP contribution is -2.34. The molecule has 0 aromatic carbocycles. The average Bonchev–Trinajstić information content (AvgIpc) is 2.14. The summed E-state index contributed by atoms with van der Waals surface area (Å²) in [5, 5.41) is 20.8. The zero-order valence-electron chi connectivity index (χ0n) is 10.8. The van der Waals surface area contributed by atoms with E-state index < -0.39 is 12.2 Å². The summed E-state index contributed by atoms with van der Waals surface area (Å²) in [5.41, 5.74) is 0.208. The normalized spacial score (nSPS) is 15.6. The molecule has 0 radical (unpaired) electrons. The SMILES string of the molecule is CC[C@H](CNC(=O)O)C(O)CCC(C)(C)C. The standard InChI is InChI=1S/C12H25NO3/c1-5-9(8-13-11(15)16)10(14)6-7-12(2,3)4/h9-10,13-14H,5-8H2,1-4H3,(H,15,16)/t9-,10?/m1/s1. The van der Waals surface area contributed by atoms with Gasteiger partial charge in [0.2, 0.25) is 0 Å². The van der Waals surface area contributed by atoms with Gasteiger partial charge in [0, 0.05) is 12.5 Å². The largest absolute Gasteiger partial charge is 0.465 e. The zero-order valence-corrected chi connectivity index (χ0v) is 10.8. The Morgan fingerprint density at radius 3 is 2.31 bits per heavy atom. The average molecular weight is 231 g/mol. The van der Waals surface area contributed by atoms with Crippen molar-refractivity contribution in [3.63, 3.8) is 0 Å². The summed E-state index contributed by atoms with van der Waals surface area (Å²) in [6.07, 6.45) is 1.00. The van der Waals surface area contributed by atoms with Crippen molar-refractivity contribution in [2.75, 3.05) is 6.54 Å². The first-order valence-electron chi connectivity index (χ1n) is 5.91. The third kappa shape index (κ3) is 7.51. The number of aliphatic hydroxyl groups is 1. The maximum absolute atomic E-state index is 10.4. The van der Waals surface area contributed by atoms with E-state index >= 15 is 0 Å². The molecule has 0 rings (SSSR count). The third-order valence-electron chi connectivity index (χ3n) is 2.77. The highest BCUT2D eigenvalue weighted by Crippen LogP contribution is 2.24. The van der Waals surface area contributed by atoms with Crippen LogP contribution in [0.1, 0.15) is 47.0 Å². The quantitative estimate of drug-likeness (QED) is 0.657. The second-order valence-electron chi connectivity index (χ2n) is 5.52. The molecule has 4 nitrogen and oxygen atoms in total. The predicted octanol–water partition coefficient (Wildman–Crippen LogP) is 2.47. The first kappa shape index (κ1) is 15.2. The molecule has 1 unspecified atom stereocenters. The molecule has 0 fully saturated rings. The molecule has 0 aliphatic rings. The fourth-order valence-electron chi connectivity index (χ4n) is 1.59. The summed E-state index contributed by atoms with van der Waals surface area (Å²) < 4.78 is 0. The Bertz CT molecular complexity index is 211. The Labute approximate surface area is 98.1 Å². The molecule has 3 N–H and O–H groups in total. The molecule has 1 amide bonds. The molecule has 0 aromatic heterocycles. The first-order chi connectivity index (χ1) is 7.26. The Balaban J connectivity index is 4.00. The van der Waals surface area contributed by atoms with Crippen LogP contribution in [0.25, 0.3) is 0 Å². The minimum Gasteiger partial charge on any atom is -0.465 e. The fraction of sp³-hybridized carbons (Fsp3) is 0.917. The number of nitrogens with one attached hydrogen (secondary N) is 1. The topological polar surface area (TPSA) is 69.6 Å². The van der Waals surface area contributed by atoms with Gasteiger partial charge in [-0.05, 0) is 24.7 Å². The Morgan fingerprint density at radius 1 is 1.38 bits per heavy atom. The van der Waals surface area contributed by atoms with Gasteiger partial charge in [0.1, 0.15) is 0 Å². The van der Waals surface area contributed by atoms with Crippen LogP contribution in [0.15, 0.2) is 0 Å². The number of hydrogen-bond donors (Lipinski definition) is 3. The summed E-state index contributed by atoms with van der Waals surface area (Å²) in [5.74, 6) is 0.0125. The van der Waals surface area contributed by atoms with E-state index in [0.29, 0.717) is 6.54 Å². The van der Waals surface area contributed by atoms with Crippen molar-refractivity contribution in [1.82, 2.24) is 5.32 Å². The summed E-state index contributed by atoms with van der Waals surface area (Å²) in [4.78, 5) is 10.4. The van der Waals surface area contributed by atoms with Crippen LogP contribution in [-0.4, -0.2) is 29.0 Å². The minimum atomic E-state index is -1.03. The van der Waals surface area contributed by atoms with Gasteiger partial charge in [-0.25, -0.2) is 4.79 Å². The highest BCUT2D eigenvalue weighted by molar-refractivity contribution is 5.64. The summed E-state index contributed by atoms with van der Waals surface area (Å²) in [6, 6.07) is 0. The van der Waals surface area contributed by atoms with Gasteiger partial charge in [-0.15, -0.1) is 0 Å². The lowest BCUT2D eigenvalue weighted by atomic mass is 9.86. The van der Waals surface area contributed by atoms with E-state index in [2.05, 4.69) is 26.1 Å². The molecule has 0 saturated carbocycles. The van der Waals surface area contributed by atoms with Crippen molar-refractivity contribution >= 4 is 6.09 Å². The van der Waals surface area contributed by atoms with Gasteiger partial charge in [-0.1, -0.05) is 27.7 Å². The number of carboxylic acid groups (broad SMARTS) is 1. The highest BCUT2D eigenvalue weighted by Gasteiger charge is 2.20. The van der Waals surface area contributed by atoms with Crippen molar-refractivity contribution in [3.8, 4) is 0 Å². The number of hydrogen-bond acceptors (Lipinski definition) is 2. The Kier molecular flexibility index (Phi) is 6.41. The molecule has 0 spiro atoms. The van der Waals surface area contributed by atoms with Gasteiger partial charge < -0.3 is 15.5 Å². The van der Waals surface area contributed by atoms with Crippen molar-refractivity contribution in [1.29, 1.82) is 0 Å². The minimum absolute atomic E-state index is 0.0125. The molecule has 0 aliphatic carbocycles. The van der Waals surface area contributed by atoms with Crippen LogP contribution in [0.5, 0.6) is 0 Å². The molecule has 0 bridgehead atoms. The molecule has 0 heterocycles. The van der Waals surface area contributed by atoms with E-state index in [4.69, 9.17) is 5.11 Å². The smallest absolute Gasteiger partial charge is 0.404 e. The predicted molar refractivity (Wildman–Crippen MR) is 64.5 cm³/mol. The van der Waals surface area contributed by atoms with Crippen molar-refractivity contribution in [2.24, 2.45) is 11.3 Å². The van der Waals surface area contributed by atoms with Crippen LogP contribution in [0, 0.1) is 11.3 Å². The number of rotatable bonds is 6. The second-order valence-corrected chi connectivity index (χ2v) is 5.52. The number of amides is 1. The van der Waals surface area contributed by atoms with Crippen molar-refractivity contribution < 1.29 is 15.0 Å². The lowest BCUT2D eigenvalue weighted by molar-refractivity contribution is 0.0830. The van der Waals surface area contributed by atoms with Crippen LogP contribution in [0.2, 0.25) is 0 Å². The van der Waals surface area contributed by atoms with Gasteiger partial charge in [0.15, 0.2) is 0 Å². The maximum atomic E-state index is 10.4. The first-order valence-corrected chi connectivity index (χ1v) is 5.91. The maximum Gasteiger partial charge on any atom is 0.404 e. The third-order valence-corrected chi connectivity index (χ3v) is 2.77. The molecular formula is C12H25NO3. The van der Waals surface area contributed by atoms with Gasteiger partial charge in [-0.3, -0.25) is 0 Å². The summed E-state index contributed by atoms with van der Waals surface area (Å²) in [7, 11) is 0. The molecule has 0 aliphatic heterocycles. The molecule has 2 atom stereocenters. The van der Waals surface area contributed by atoms with Crippen LogP contribution in [0.4, 0.5) is 4.79 Å². The Hall–Kier alpha value is -0.770. The summed E-state index contributed by atoms with van der Waals surface area (Å²) in [6.45, 7) is 8.70. The monoisotopic (exact) mass is 231 g/mol. The van der Waals surface area contributed by atoms with E-state index in [1.54, 1.807) is 0 Å². The Morgan fingerprint density at radius 2 is 1.94 bits per heavy atom. The fourth-order valence-corrected chi connectivity index (χ4v) is 1.59. The molecule has 4 heteroatoms. The lowest BCUT2D eigenvalue weighted by Gasteiger charge is -2.25. The molecular weight excluding hydrogens is 206 g/mol. The van der Waals surface area contributed by atoms with Gasteiger partial charge in [0.05, 0.1) is 6.10 Å². The zero-order chi connectivity index (χ0) is 12.8. The molecule has 96 valence electrons. The van der Waals surface area contributed by atoms with E-state index in [1.165, 1.54) is 0 Å². The van der Waals surface area contributed by atoms with Crippen LogP contribution < -0.4 is 5.32 Å². The summed E-state index contributed by atoms with van der Waals surface area (Å²) >= 11 is 0. The number of aliphatic hydroxyl groups excluding tert-OH is 1. The van der Waals surface area contributed by atoms with Gasteiger partial charge in [-0.2, -0.15) is 0 Å². The van der Waals surface area contributed by atoms with Crippen molar-refractivity contribution in [3.05, 3.63) is 0 Å². The van der Waals surface area contributed by atoms with Gasteiger partial charge in [0.25, 0.3) is 0 Å². The van der Waals surface area contributed by atoms with Gasteiger partial charge >= 0.3 is 6.09 Å². The highest BCUT2D eigenvalue weighted by atomic mass is 16.4. The molecule has 0 saturated heterocycles. The van der Waals surface area contributed by atoms with E-state index in [1.807, 2.05) is 6.92 Å².